The lowest BCUT2D eigenvalue weighted by atomic mass is 10.2. The van der Waals surface area contributed by atoms with Crippen LogP contribution in [0.5, 0.6) is 5.75 Å². The number of nitro benzene ring substituents is 1. The van der Waals surface area contributed by atoms with Gasteiger partial charge in [-0.2, -0.15) is 11.8 Å². The van der Waals surface area contributed by atoms with Crippen LogP contribution in [0.4, 0.5) is 11.4 Å². The number of nitro groups is 1. The molecule has 1 aromatic rings. The van der Waals surface area contributed by atoms with Gasteiger partial charge in [-0.3, -0.25) is 10.1 Å². The topological polar surface area (TPSA) is 64.4 Å². The highest BCUT2D eigenvalue weighted by Gasteiger charge is 2.21. The molecule has 0 aromatic heterocycles. The van der Waals surface area contributed by atoms with Crippen LogP contribution >= 0.6 is 11.8 Å². The van der Waals surface area contributed by atoms with Crippen LogP contribution in [0, 0.1) is 10.1 Å². The van der Waals surface area contributed by atoms with Crippen LogP contribution < -0.4 is 10.1 Å². The third-order valence-corrected chi connectivity index (χ3v) is 4.59. The molecule has 0 aliphatic carbocycles. The van der Waals surface area contributed by atoms with E-state index in [1.54, 1.807) is 18.2 Å². The molecule has 1 unspecified atom stereocenters. The predicted octanol–water partition coefficient (Wildman–Crippen LogP) is 3.30. The minimum Gasteiger partial charge on any atom is -0.490 e. The van der Waals surface area contributed by atoms with E-state index >= 15 is 0 Å². The summed E-state index contributed by atoms with van der Waals surface area (Å²) in [4.78, 5) is 10.7. The number of rotatable bonds is 5. The Labute approximate surface area is 116 Å². The fourth-order valence-electron chi connectivity index (χ4n) is 2.21. The van der Waals surface area contributed by atoms with Crippen molar-refractivity contribution in [1.82, 2.24) is 0 Å². The van der Waals surface area contributed by atoms with Gasteiger partial charge in [-0.15, -0.1) is 0 Å². The highest BCUT2D eigenvalue weighted by atomic mass is 32.2. The first-order valence-electron chi connectivity index (χ1n) is 6.39. The second kappa shape index (κ2) is 6.65. The molecule has 19 heavy (non-hydrogen) atoms. The lowest BCUT2D eigenvalue weighted by Crippen LogP contribution is -2.20. The first kappa shape index (κ1) is 14.0. The maximum Gasteiger partial charge on any atom is 0.333 e. The molecule has 5 nitrogen and oxygen atoms in total. The Balaban J connectivity index is 2.08. The lowest BCUT2D eigenvalue weighted by Gasteiger charge is -2.22. The number of nitrogens with zero attached hydrogens (tertiary/aromatic N) is 1. The van der Waals surface area contributed by atoms with Gasteiger partial charge < -0.3 is 10.1 Å². The molecular formula is C13H18N2O3S. The van der Waals surface area contributed by atoms with Gasteiger partial charge in [-0.1, -0.05) is 12.5 Å². The zero-order valence-corrected chi connectivity index (χ0v) is 11.7. The van der Waals surface area contributed by atoms with Gasteiger partial charge in [0.25, 0.3) is 0 Å². The molecule has 2 rings (SSSR count). The summed E-state index contributed by atoms with van der Waals surface area (Å²) in [6.45, 7) is 0.763. The molecule has 0 amide bonds. The minimum atomic E-state index is -0.394. The summed E-state index contributed by atoms with van der Waals surface area (Å²) in [5, 5.41) is 14.9. The second-order valence-corrected chi connectivity index (χ2v) is 5.89. The van der Waals surface area contributed by atoms with E-state index in [1.807, 2.05) is 11.8 Å². The van der Waals surface area contributed by atoms with E-state index in [0.717, 1.165) is 6.54 Å². The maximum absolute atomic E-state index is 11.1. The van der Waals surface area contributed by atoms with E-state index in [1.165, 1.54) is 32.1 Å². The third kappa shape index (κ3) is 3.53. The number of ether oxygens (including phenoxy) is 1. The van der Waals surface area contributed by atoms with Gasteiger partial charge in [0.05, 0.1) is 12.0 Å². The third-order valence-electron chi connectivity index (χ3n) is 3.20. The molecule has 1 aromatic carbocycles. The van der Waals surface area contributed by atoms with Crippen molar-refractivity contribution in [2.45, 2.75) is 24.5 Å². The van der Waals surface area contributed by atoms with Crippen molar-refractivity contribution in [2.75, 3.05) is 24.7 Å². The molecule has 1 saturated heterocycles. The molecule has 1 aliphatic heterocycles. The van der Waals surface area contributed by atoms with Crippen molar-refractivity contribution in [3.63, 3.8) is 0 Å². The maximum atomic E-state index is 11.1. The van der Waals surface area contributed by atoms with Gasteiger partial charge >= 0.3 is 5.69 Å². The fourth-order valence-corrected chi connectivity index (χ4v) is 3.45. The normalized spacial score (nSPS) is 18.9. The Morgan fingerprint density at radius 1 is 1.53 bits per heavy atom. The predicted molar refractivity (Wildman–Crippen MR) is 78.2 cm³/mol. The summed E-state index contributed by atoms with van der Waals surface area (Å²) >= 11 is 1.94. The van der Waals surface area contributed by atoms with E-state index in [0.29, 0.717) is 16.7 Å². The number of para-hydroxylation sites is 1. The number of nitrogens with one attached hydrogen (secondary N) is 1. The van der Waals surface area contributed by atoms with E-state index in [9.17, 15) is 10.1 Å². The van der Waals surface area contributed by atoms with Gasteiger partial charge in [0.2, 0.25) is 0 Å². The number of hydrogen-bond acceptors (Lipinski definition) is 5. The summed E-state index contributed by atoms with van der Waals surface area (Å²) in [5.41, 5.74) is 0.557. The summed E-state index contributed by atoms with van der Waals surface area (Å²) in [5.74, 6) is 1.48. The number of methoxy groups -OCH3 is 1. The monoisotopic (exact) mass is 282 g/mol. The number of anilines is 1. The number of benzene rings is 1. The quantitative estimate of drug-likeness (QED) is 0.663. The van der Waals surface area contributed by atoms with E-state index in [2.05, 4.69) is 5.32 Å². The van der Waals surface area contributed by atoms with Crippen molar-refractivity contribution in [3.05, 3.63) is 28.3 Å². The van der Waals surface area contributed by atoms with E-state index in [4.69, 9.17) is 4.74 Å². The summed E-state index contributed by atoms with van der Waals surface area (Å²) in [6.07, 6.45) is 3.70. The minimum absolute atomic E-state index is 0.0193. The molecule has 1 N–H and O–H groups in total. The molecule has 104 valence electrons. The summed E-state index contributed by atoms with van der Waals surface area (Å²) in [7, 11) is 1.45. The Kier molecular flexibility index (Phi) is 4.90. The van der Waals surface area contributed by atoms with Gasteiger partial charge in [-0.05, 0) is 30.7 Å². The molecule has 0 radical (unpaired) electrons. The van der Waals surface area contributed by atoms with Gasteiger partial charge in [0, 0.05) is 11.8 Å². The van der Waals surface area contributed by atoms with Gasteiger partial charge in [0.15, 0.2) is 5.75 Å². The van der Waals surface area contributed by atoms with Gasteiger partial charge in [0.1, 0.15) is 5.69 Å². The molecule has 1 fully saturated rings. The second-order valence-electron chi connectivity index (χ2n) is 4.48. The molecular weight excluding hydrogens is 264 g/mol. The van der Waals surface area contributed by atoms with Crippen LogP contribution in [-0.2, 0) is 0 Å². The van der Waals surface area contributed by atoms with Crippen LogP contribution in [0.15, 0.2) is 18.2 Å². The van der Waals surface area contributed by atoms with Crippen molar-refractivity contribution in [1.29, 1.82) is 0 Å². The molecule has 1 heterocycles. The largest absolute Gasteiger partial charge is 0.490 e. The van der Waals surface area contributed by atoms with Crippen LogP contribution in [0.25, 0.3) is 0 Å². The first-order valence-corrected chi connectivity index (χ1v) is 7.44. The van der Waals surface area contributed by atoms with Crippen LogP contribution in [-0.4, -0.2) is 29.6 Å². The van der Waals surface area contributed by atoms with Crippen LogP contribution in [0.2, 0.25) is 0 Å². The van der Waals surface area contributed by atoms with Crippen molar-refractivity contribution < 1.29 is 9.66 Å². The molecule has 6 heteroatoms. The molecule has 0 bridgehead atoms. The zero-order valence-electron chi connectivity index (χ0n) is 10.9. The average Bonchev–Trinajstić information content (AvgIpc) is 2.45. The Hall–Kier alpha value is -1.43. The standard InChI is InChI=1S/C13H18N2O3S/c1-18-12-7-4-6-11(13(12)15(16)17)14-9-10-5-2-3-8-19-10/h4,6-7,10,14H,2-3,5,8-9H2,1H3. The molecule has 1 atom stereocenters. The lowest BCUT2D eigenvalue weighted by molar-refractivity contribution is -0.384. The van der Waals surface area contributed by atoms with Crippen molar-refractivity contribution in [3.8, 4) is 5.75 Å². The Morgan fingerprint density at radius 2 is 2.37 bits per heavy atom. The fraction of sp³-hybridized carbons (Fsp3) is 0.538. The number of hydrogen-bond donors (Lipinski definition) is 1. The van der Waals surface area contributed by atoms with Crippen molar-refractivity contribution >= 4 is 23.1 Å². The van der Waals surface area contributed by atoms with Crippen LogP contribution in [0.3, 0.4) is 0 Å². The smallest absolute Gasteiger partial charge is 0.333 e. The highest BCUT2D eigenvalue weighted by molar-refractivity contribution is 7.99. The Bertz CT molecular complexity index is 448. The van der Waals surface area contributed by atoms with Gasteiger partial charge in [-0.25, -0.2) is 0 Å². The molecule has 1 aliphatic rings. The number of thioether (sulfide) groups is 1. The molecule has 0 spiro atoms. The Morgan fingerprint density at radius 3 is 3.00 bits per heavy atom. The molecule has 0 saturated carbocycles. The summed E-state index contributed by atoms with van der Waals surface area (Å²) < 4.78 is 5.05. The SMILES string of the molecule is COc1cccc(NCC2CCCCS2)c1[N+](=O)[O-]. The van der Waals surface area contributed by atoms with Crippen LogP contribution in [0.1, 0.15) is 19.3 Å². The van der Waals surface area contributed by atoms with E-state index in [-0.39, 0.29) is 5.69 Å². The summed E-state index contributed by atoms with van der Waals surface area (Å²) in [6, 6.07) is 5.11. The first-order chi connectivity index (χ1) is 9.22. The highest BCUT2D eigenvalue weighted by Crippen LogP contribution is 2.35. The zero-order chi connectivity index (χ0) is 13.7. The van der Waals surface area contributed by atoms with E-state index < -0.39 is 4.92 Å². The van der Waals surface area contributed by atoms with Crippen molar-refractivity contribution in [2.24, 2.45) is 0 Å². The average molecular weight is 282 g/mol.